The summed E-state index contributed by atoms with van der Waals surface area (Å²) >= 11 is 1.34. The highest BCUT2D eigenvalue weighted by Gasteiger charge is 2.56. The fourth-order valence-electron chi connectivity index (χ4n) is 4.02. The highest BCUT2D eigenvalue weighted by atomic mass is 32.2. The molecule has 0 saturated heterocycles. The van der Waals surface area contributed by atoms with Gasteiger partial charge in [-0.15, -0.1) is 0 Å². The number of carbonyl (C=O) groups is 1. The quantitative estimate of drug-likeness (QED) is 0.529. The summed E-state index contributed by atoms with van der Waals surface area (Å²) in [5.41, 5.74) is 5.81. The zero-order valence-electron chi connectivity index (χ0n) is 18.0. The predicted octanol–water partition coefficient (Wildman–Crippen LogP) is 5.09. The molecule has 6 nitrogen and oxygen atoms in total. The minimum absolute atomic E-state index is 0.276. The van der Waals surface area contributed by atoms with Crippen molar-refractivity contribution in [1.82, 2.24) is 0 Å². The van der Waals surface area contributed by atoms with Gasteiger partial charge in [-0.25, -0.2) is 14.8 Å². The van der Waals surface area contributed by atoms with Crippen molar-refractivity contribution in [2.75, 3.05) is 17.1 Å². The number of hydrogen-bond acceptors (Lipinski definition) is 7. The first-order chi connectivity index (χ1) is 15.5. The van der Waals surface area contributed by atoms with Crippen LogP contribution in [0.4, 0.5) is 11.4 Å². The lowest BCUT2D eigenvalue weighted by molar-refractivity contribution is -0.132. The van der Waals surface area contributed by atoms with Crippen LogP contribution in [0.1, 0.15) is 23.6 Å². The van der Waals surface area contributed by atoms with E-state index in [4.69, 9.17) is 14.9 Å². The Hall–Kier alpha value is -3.58. The molecule has 0 fully saturated rings. The molecule has 160 valence electrons. The van der Waals surface area contributed by atoms with Crippen molar-refractivity contribution in [1.29, 1.82) is 0 Å². The van der Waals surface area contributed by atoms with E-state index in [-0.39, 0.29) is 5.04 Å². The fourth-order valence-corrected chi connectivity index (χ4v) is 5.33. The third-order valence-corrected chi connectivity index (χ3v) is 6.85. The van der Waals surface area contributed by atoms with Gasteiger partial charge >= 0.3 is 5.97 Å². The number of benzene rings is 3. The van der Waals surface area contributed by atoms with Crippen LogP contribution < -0.4 is 10.0 Å². The number of rotatable bonds is 3. The van der Waals surface area contributed by atoms with Gasteiger partial charge in [0.15, 0.2) is 0 Å². The smallest absolute Gasteiger partial charge is 0.365 e. The van der Waals surface area contributed by atoms with E-state index in [1.807, 2.05) is 90.6 Å². The van der Waals surface area contributed by atoms with Crippen LogP contribution in [-0.4, -0.2) is 23.8 Å². The minimum Gasteiger partial charge on any atom is -0.464 e. The Bertz CT molecular complexity index is 1240. The summed E-state index contributed by atoms with van der Waals surface area (Å²) in [7, 11) is 1.37. The number of methoxy groups -OCH3 is 1. The number of anilines is 2. The van der Waals surface area contributed by atoms with E-state index in [0.29, 0.717) is 0 Å². The molecule has 0 aliphatic carbocycles. The third kappa shape index (κ3) is 3.08. The zero-order chi connectivity index (χ0) is 22.3. The normalized spacial score (nSPS) is 19.5. The molecule has 2 heterocycles. The van der Waals surface area contributed by atoms with Crippen LogP contribution in [0, 0.1) is 6.92 Å². The van der Waals surface area contributed by atoms with E-state index in [1.165, 1.54) is 18.9 Å². The lowest BCUT2D eigenvalue weighted by Gasteiger charge is -2.46. The van der Waals surface area contributed by atoms with Gasteiger partial charge in [-0.2, -0.15) is 10.2 Å². The number of ether oxygens (including phenoxy) is 1. The molecule has 5 rings (SSSR count). The van der Waals surface area contributed by atoms with Crippen molar-refractivity contribution in [3.05, 3.63) is 95.6 Å². The van der Waals surface area contributed by atoms with Crippen molar-refractivity contribution >= 4 is 39.9 Å². The first kappa shape index (κ1) is 20.3. The van der Waals surface area contributed by atoms with Gasteiger partial charge in [0.05, 0.1) is 24.2 Å². The maximum atomic E-state index is 12.6. The summed E-state index contributed by atoms with van der Waals surface area (Å²) in [6.45, 7) is 4.04. The molecule has 0 aromatic heterocycles. The molecule has 0 radical (unpaired) electrons. The van der Waals surface area contributed by atoms with Gasteiger partial charge < -0.3 is 4.74 Å². The number of thioether (sulfide) groups is 1. The molecule has 3 aromatic rings. The van der Waals surface area contributed by atoms with Gasteiger partial charge in [0.25, 0.3) is 0 Å². The van der Waals surface area contributed by atoms with Crippen molar-refractivity contribution in [2.45, 2.75) is 18.8 Å². The fraction of sp³-hybridized carbons (Fsp3) is 0.160. The molecule has 0 bridgehead atoms. The average Bonchev–Trinajstić information content (AvgIpc) is 3.23. The number of para-hydroxylation sites is 1. The molecule has 2 aliphatic rings. The minimum atomic E-state index is -0.934. The first-order valence-electron chi connectivity index (χ1n) is 10.3. The van der Waals surface area contributed by atoms with Crippen LogP contribution in [0.15, 0.2) is 89.1 Å². The zero-order valence-corrected chi connectivity index (χ0v) is 18.8. The van der Waals surface area contributed by atoms with Gasteiger partial charge in [-0.05, 0) is 49.9 Å². The van der Waals surface area contributed by atoms with Crippen LogP contribution in [0.2, 0.25) is 0 Å². The third-order valence-electron chi connectivity index (χ3n) is 5.56. The van der Waals surface area contributed by atoms with Crippen LogP contribution in [-0.2, 0) is 14.5 Å². The largest absolute Gasteiger partial charge is 0.464 e. The summed E-state index contributed by atoms with van der Waals surface area (Å²) in [4.78, 5) is 11.7. The SMILES string of the molecule is COC(=O)C1=NN(c2ccc(C)cc2)[C@]2(S1)c1ccccc1C(C)=NN2c1ccccc1. The molecule has 3 aromatic carbocycles. The number of carbonyl (C=O) groups excluding carboxylic acids is 1. The molecule has 1 spiro atoms. The number of aryl methyl sites for hydroxylation is 1. The summed E-state index contributed by atoms with van der Waals surface area (Å²) in [6, 6.07) is 26.2. The van der Waals surface area contributed by atoms with Crippen molar-refractivity contribution in [2.24, 2.45) is 10.2 Å². The number of hydrogen-bond donors (Lipinski definition) is 0. The highest BCUT2D eigenvalue weighted by Crippen LogP contribution is 2.54. The molecule has 7 heteroatoms. The second kappa shape index (κ2) is 7.84. The lowest BCUT2D eigenvalue weighted by Crippen LogP contribution is -2.53. The highest BCUT2D eigenvalue weighted by molar-refractivity contribution is 8.16. The molecule has 0 N–H and O–H groups in total. The summed E-state index contributed by atoms with van der Waals surface area (Å²) in [5.74, 6) is -0.472. The second-order valence-corrected chi connectivity index (χ2v) is 8.79. The van der Waals surface area contributed by atoms with Gasteiger partial charge in [0.1, 0.15) is 0 Å². The predicted molar refractivity (Wildman–Crippen MR) is 130 cm³/mol. The lowest BCUT2D eigenvalue weighted by atomic mass is 9.98. The summed E-state index contributed by atoms with van der Waals surface area (Å²) < 4.78 is 5.05. The molecule has 0 saturated carbocycles. The Kier molecular flexibility index (Phi) is 4.98. The second-order valence-electron chi connectivity index (χ2n) is 7.63. The van der Waals surface area contributed by atoms with E-state index in [1.54, 1.807) is 0 Å². The van der Waals surface area contributed by atoms with Crippen LogP contribution in [0.3, 0.4) is 0 Å². The maximum absolute atomic E-state index is 12.6. The average molecular weight is 443 g/mol. The summed E-state index contributed by atoms with van der Waals surface area (Å²) in [5, 5.41) is 13.9. The van der Waals surface area contributed by atoms with Crippen LogP contribution in [0.5, 0.6) is 0 Å². The molecule has 32 heavy (non-hydrogen) atoms. The Balaban J connectivity index is 1.80. The number of nitrogens with zero attached hydrogens (tertiary/aromatic N) is 4. The van der Waals surface area contributed by atoms with Crippen molar-refractivity contribution < 1.29 is 9.53 Å². The van der Waals surface area contributed by atoms with Crippen molar-refractivity contribution in [3.63, 3.8) is 0 Å². The van der Waals surface area contributed by atoms with Crippen LogP contribution in [0.25, 0.3) is 0 Å². The maximum Gasteiger partial charge on any atom is 0.365 e. The number of esters is 1. The van der Waals surface area contributed by atoms with Crippen molar-refractivity contribution in [3.8, 4) is 0 Å². The molecule has 1 atom stereocenters. The van der Waals surface area contributed by atoms with Gasteiger partial charge in [-0.3, -0.25) is 0 Å². The van der Waals surface area contributed by atoms with E-state index in [9.17, 15) is 4.79 Å². The standard InChI is InChI=1S/C25H22N4O2S/c1-17-13-15-20(16-14-17)29-25(32-23(27-29)24(30)31-3)22-12-8-7-11-21(22)18(2)26-28(25)19-9-5-4-6-10-19/h4-16H,1-3H3/t25-/m0/s1. The molecule has 0 amide bonds. The number of hydrazone groups is 2. The Morgan fingerprint density at radius 1 is 0.844 bits per heavy atom. The van der Waals surface area contributed by atoms with Gasteiger partial charge in [0, 0.05) is 11.1 Å². The number of fused-ring (bicyclic) bond motifs is 2. The van der Waals surface area contributed by atoms with Crippen LogP contribution >= 0.6 is 11.8 Å². The topological polar surface area (TPSA) is 57.5 Å². The Labute approximate surface area is 191 Å². The molecular weight excluding hydrogens is 420 g/mol. The molecule has 0 unspecified atom stereocenters. The monoisotopic (exact) mass is 442 g/mol. The van der Waals surface area contributed by atoms with E-state index < -0.39 is 11.0 Å². The molecule has 2 aliphatic heterocycles. The van der Waals surface area contributed by atoms with Gasteiger partial charge in [0.2, 0.25) is 10.0 Å². The Morgan fingerprint density at radius 3 is 2.19 bits per heavy atom. The summed E-state index contributed by atoms with van der Waals surface area (Å²) in [6.07, 6.45) is 0. The van der Waals surface area contributed by atoms with Gasteiger partial charge in [-0.1, -0.05) is 60.2 Å². The first-order valence-corrected chi connectivity index (χ1v) is 11.1. The Morgan fingerprint density at radius 2 is 1.47 bits per heavy atom. The molecular formula is C25H22N4O2S. The van der Waals surface area contributed by atoms with E-state index >= 15 is 0 Å². The van der Waals surface area contributed by atoms with E-state index in [0.717, 1.165) is 33.8 Å². The van der Waals surface area contributed by atoms with E-state index in [2.05, 4.69) is 12.1 Å².